The van der Waals surface area contributed by atoms with Gasteiger partial charge >= 0.3 is 0 Å². The van der Waals surface area contributed by atoms with Crippen LogP contribution >= 0.6 is 11.6 Å². The van der Waals surface area contributed by atoms with E-state index in [1.807, 2.05) is 13.8 Å². The number of hydrogen-bond acceptors (Lipinski definition) is 2. The van der Waals surface area contributed by atoms with E-state index in [0.29, 0.717) is 10.7 Å². The lowest BCUT2D eigenvalue weighted by atomic mass is 10.0. The third kappa shape index (κ3) is 2.83. The van der Waals surface area contributed by atoms with Crippen molar-refractivity contribution in [3.8, 4) is 0 Å². The van der Waals surface area contributed by atoms with Gasteiger partial charge in [-0.15, -0.1) is 0 Å². The van der Waals surface area contributed by atoms with Gasteiger partial charge in [0.25, 0.3) is 0 Å². The highest BCUT2D eigenvalue weighted by Gasteiger charge is 2.20. The second kappa shape index (κ2) is 5.89. The lowest BCUT2D eigenvalue weighted by Gasteiger charge is -2.17. The first-order valence-electron chi connectivity index (χ1n) is 6.33. The van der Waals surface area contributed by atoms with Crippen molar-refractivity contribution in [2.45, 2.75) is 32.4 Å². The summed E-state index contributed by atoms with van der Waals surface area (Å²) in [6, 6.07) is 3.59. The summed E-state index contributed by atoms with van der Waals surface area (Å²) in [5.74, 6) is -1.74. The Labute approximate surface area is 121 Å². The van der Waals surface area contributed by atoms with E-state index in [4.69, 9.17) is 17.3 Å². The molecule has 1 unspecified atom stereocenters. The second-order valence-corrected chi connectivity index (χ2v) is 5.35. The van der Waals surface area contributed by atoms with Crippen LogP contribution in [0.1, 0.15) is 37.2 Å². The summed E-state index contributed by atoms with van der Waals surface area (Å²) in [5, 5.41) is 4.59. The van der Waals surface area contributed by atoms with Crippen molar-refractivity contribution in [2.75, 3.05) is 0 Å². The first-order chi connectivity index (χ1) is 9.41. The maximum atomic E-state index is 13.7. The van der Waals surface area contributed by atoms with Gasteiger partial charge in [0.15, 0.2) is 11.6 Å². The molecule has 0 aliphatic rings. The Kier molecular flexibility index (Phi) is 4.40. The molecule has 0 fully saturated rings. The van der Waals surface area contributed by atoms with Crippen molar-refractivity contribution in [1.29, 1.82) is 0 Å². The van der Waals surface area contributed by atoms with Crippen molar-refractivity contribution in [2.24, 2.45) is 5.73 Å². The topological polar surface area (TPSA) is 43.8 Å². The van der Waals surface area contributed by atoms with Gasteiger partial charge in [0, 0.05) is 6.04 Å². The van der Waals surface area contributed by atoms with Crippen LogP contribution in [0.3, 0.4) is 0 Å². The molecule has 2 N–H and O–H groups in total. The number of benzene rings is 1. The average Bonchev–Trinajstić information content (AvgIpc) is 2.77. The van der Waals surface area contributed by atoms with Crippen LogP contribution in [0.5, 0.6) is 0 Å². The van der Waals surface area contributed by atoms with E-state index in [1.165, 1.54) is 18.3 Å². The summed E-state index contributed by atoms with van der Waals surface area (Å²) < 4.78 is 28.6. The molecule has 2 rings (SSSR count). The Morgan fingerprint density at radius 3 is 2.70 bits per heavy atom. The van der Waals surface area contributed by atoms with Crippen LogP contribution < -0.4 is 5.73 Å². The predicted octanol–water partition coefficient (Wildman–Crippen LogP) is 3.64. The minimum atomic E-state index is -0.877. The van der Waals surface area contributed by atoms with E-state index in [1.54, 1.807) is 4.68 Å². The van der Waals surface area contributed by atoms with Gasteiger partial charge in [-0.05, 0) is 31.9 Å². The van der Waals surface area contributed by atoms with Gasteiger partial charge < -0.3 is 5.73 Å². The van der Waals surface area contributed by atoms with Crippen molar-refractivity contribution >= 4 is 11.6 Å². The Bertz CT molecular complexity index is 610. The molecule has 0 aliphatic heterocycles. The van der Waals surface area contributed by atoms with E-state index in [0.717, 1.165) is 6.07 Å². The number of hydrogen-bond donors (Lipinski definition) is 1. The number of nitrogens with zero attached hydrogens (tertiary/aromatic N) is 2. The quantitative estimate of drug-likeness (QED) is 0.936. The molecule has 0 saturated heterocycles. The number of rotatable bonds is 4. The third-order valence-electron chi connectivity index (χ3n) is 3.10. The molecule has 1 aromatic heterocycles. The van der Waals surface area contributed by atoms with E-state index in [-0.39, 0.29) is 18.0 Å². The fourth-order valence-electron chi connectivity index (χ4n) is 2.15. The SMILES string of the molecule is CC(C)n1ncc(Cl)c1C(N)Cc1cccc(F)c1F. The summed E-state index contributed by atoms with van der Waals surface area (Å²) in [6.07, 6.45) is 1.67. The molecular weight excluding hydrogens is 284 g/mol. The van der Waals surface area contributed by atoms with Crippen LogP contribution in [0.15, 0.2) is 24.4 Å². The molecule has 1 aromatic carbocycles. The number of halogens is 3. The molecule has 0 radical (unpaired) electrons. The fourth-order valence-corrected chi connectivity index (χ4v) is 2.42. The zero-order valence-electron chi connectivity index (χ0n) is 11.3. The van der Waals surface area contributed by atoms with Crippen molar-refractivity contribution in [1.82, 2.24) is 9.78 Å². The highest BCUT2D eigenvalue weighted by atomic mass is 35.5. The Hall–Kier alpha value is -1.46. The number of aromatic nitrogens is 2. The first-order valence-corrected chi connectivity index (χ1v) is 6.71. The Balaban J connectivity index is 2.31. The first kappa shape index (κ1) is 14.9. The predicted molar refractivity (Wildman–Crippen MR) is 74.6 cm³/mol. The lowest BCUT2D eigenvalue weighted by Crippen LogP contribution is -2.20. The maximum Gasteiger partial charge on any atom is 0.162 e. The van der Waals surface area contributed by atoms with E-state index in [2.05, 4.69) is 5.10 Å². The van der Waals surface area contributed by atoms with Crippen molar-refractivity contribution in [3.63, 3.8) is 0 Å². The van der Waals surface area contributed by atoms with Gasteiger partial charge in [0.1, 0.15) is 0 Å². The van der Waals surface area contributed by atoms with Crippen LogP contribution in [0, 0.1) is 11.6 Å². The van der Waals surface area contributed by atoms with Crippen LogP contribution in [-0.2, 0) is 6.42 Å². The molecule has 0 amide bonds. The van der Waals surface area contributed by atoms with Gasteiger partial charge in [0.05, 0.1) is 23.0 Å². The minimum absolute atomic E-state index is 0.0842. The largest absolute Gasteiger partial charge is 0.322 e. The fraction of sp³-hybridized carbons (Fsp3) is 0.357. The van der Waals surface area contributed by atoms with Gasteiger partial charge in [-0.1, -0.05) is 23.7 Å². The molecule has 20 heavy (non-hydrogen) atoms. The lowest BCUT2D eigenvalue weighted by molar-refractivity contribution is 0.472. The molecular formula is C14H16ClF2N3. The molecule has 0 bridgehead atoms. The van der Waals surface area contributed by atoms with Gasteiger partial charge in [0.2, 0.25) is 0 Å². The standard InChI is InChI=1S/C14H16ClF2N3/c1-8(2)20-14(10(15)7-19-20)12(18)6-9-4-3-5-11(16)13(9)17/h3-5,7-8,12H,6,18H2,1-2H3. The summed E-state index contributed by atoms with van der Waals surface area (Å²) in [5.41, 5.74) is 6.95. The van der Waals surface area contributed by atoms with Crippen molar-refractivity contribution in [3.05, 3.63) is 52.3 Å². The monoisotopic (exact) mass is 299 g/mol. The molecule has 0 spiro atoms. The Morgan fingerprint density at radius 2 is 2.05 bits per heavy atom. The number of nitrogens with two attached hydrogens (primary N) is 1. The molecule has 1 heterocycles. The van der Waals surface area contributed by atoms with Gasteiger partial charge in [-0.25, -0.2) is 8.78 Å². The van der Waals surface area contributed by atoms with Crippen LogP contribution in [-0.4, -0.2) is 9.78 Å². The molecule has 2 aromatic rings. The molecule has 1 atom stereocenters. The minimum Gasteiger partial charge on any atom is -0.322 e. The van der Waals surface area contributed by atoms with E-state index < -0.39 is 17.7 Å². The third-order valence-corrected chi connectivity index (χ3v) is 3.39. The van der Waals surface area contributed by atoms with E-state index in [9.17, 15) is 8.78 Å². The summed E-state index contributed by atoms with van der Waals surface area (Å²) >= 11 is 6.09. The molecule has 6 heteroatoms. The zero-order valence-corrected chi connectivity index (χ0v) is 12.0. The molecule has 108 valence electrons. The molecule has 0 saturated carbocycles. The van der Waals surface area contributed by atoms with Crippen LogP contribution in [0.4, 0.5) is 8.78 Å². The molecule has 0 aliphatic carbocycles. The van der Waals surface area contributed by atoms with Gasteiger partial charge in [-0.2, -0.15) is 5.10 Å². The Morgan fingerprint density at radius 1 is 1.35 bits per heavy atom. The van der Waals surface area contributed by atoms with Crippen molar-refractivity contribution < 1.29 is 8.78 Å². The van der Waals surface area contributed by atoms with Gasteiger partial charge in [-0.3, -0.25) is 4.68 Å². The second-order valence-electron chi connectivity index (χ2n) is 4.94. The van der Waals surface area contributed by atoms with Crippen LogP contribution in [0.25, 0.3) is 0 Å². The summed E-state index contributed by atoms with van der Waals surface area (Å²) in [7, 11) is 0. The van der Waals surface area contributed by atoms with E-state index >= 15 is 0 Å². The summed E-state index contributed by atoms with van der Waals surface area (Å²) in [4.78, 5) is 0. The smallest absolute Gasteiger partial charge is 0.162 e. The average molecular weight is 300 g/mol. The van der Waals surface area contributed by atoms with Crippen LogP contribution in [0.2, 0.25) is 5.02 Å². The zero-order chi connectivity index (χ0) is 14.9. The summed E-state index contributed by atoms with van der Waals surface area (Å²) in [6.45, 7) is 3.89. The molecule has 3 nitrogen and oxygen atoms in total. The normalized spacial score (nSPS) is 12.9. The highest BCUT2D eigenvalue weighted by molar-refractivity contribution is 6.31. The highest BCUT2D eigenvalue weighted by Crippen LogP contribution is 2.27. The maximum absolute atomic E-state index is 13.7.